The Balaban J connectivity index is 1.82. The second-order valence-electron chi connectivity index (χ2n) is 8.30. The van der Waals surface area contributed by atoms with Crippen LogP contribution in [0.15, 0.2) is 18.2 Å². The van der Waals surface area contributed by atoms with E-state index in [1.165, 1.54) is 21.7 Å². The molecule has 0 atom stereocenters. The molecular formula is C19H20ClF3N6. The average Bonchev–Trinajstić information content (AvgIpc) is 3.19. The molecule has 0 aliphatic carbocycles. The van der Waals surface area contributed by atoms with Gasteiger partial charge in [0.05, 0.1) is 13.1 Å². The Bertz CT molecular complexity index is 1080. The fraction of sp³-hybridized carbons (Fsp3) is 0.474. The smallest absolute Gasteiger partial charge is 0.266 e. The standard InChI is InChI=1S/C19H20ClF3N6/c1-18(2,3)17-24-15(28-7-6-19(22,23)10-28)14-16(25-17)29(27-26-14)9-11-4-5-12(21)8-13(11)20/h4-5,8H,6-7,9-10H2,1-3H3. The van der Waals surface area contributed by atoms with Crippen LogP contribution in [0.25, 0.3) is 11.2 Å². The molecule has 0 bridgehead atoms. The largest absolute Gasteiger partial charge is 0.348 e. The van der Waals surface area contributed by atoms with Crippen LogP contribution in [0.2, 0.25) is 5.02 Å². The third-order valence-electron chi connectivity index (χ3n) is 4.82. The van der Waals surface area contributed by atoms with E-state index in [0.717, 1.165) is 0 Å². The zero-order valence-electron chi connectivity index (χ0n) is 16.3. The Morgan fingerprint density at radius 1 is 1.21 bits per heavy atom. The molecule has 0 amide bonds. The van der Waals surface area contributed by atoms with Gasteiger partial charge in [-0.3, -0.25) is 0 Å². The summed E-state index contributed by atoms with van der Waals surface area (Å²) in [6, 6.07) is 4.11. The van der Waals surface area contributed by atoms with Gasteiger partial charge in [-0.2, -0.15) is 0 Å². The van der Waals surface area contributed by atoms with Crippen LogP contribution in [0.5, 0.6) is 0 Å². The van der Waals surface area contributed by atoms with E-state index >= 15 is 0 Å². The van der Waals surface area contributed by atoms with Gasteiger partial charge in [0.25, 0.3) is 5.92 Å². The minimum Gasteiger partial charge on any atom is -0.348 e. The summed E-state index contributed by atoms with van der Waals surface area (Å²) in [4.78, 5) is 10.7. The Hall–Kier alpha value is -2.42. The van der Waals surface area contributed by atoms with Crippen LogP contribution in [0, 0.1) is 5.82 Å². The molecule has 2 aromatic heterocycles. The fourth-order valence-corrected chi connectivity index (χ4v) is 3.46. The lowest BCUT2D eigenvalue weighted by atomic mass is 9.96. The van der Waals surface area contributed by atoms with Gasteiger partial charge in [-0.15, -0.1) is 5.10 Å². The lowest BCUT2D eigenvalue weighted by Gasteiger charge is -2.22. The van der Waals surface area contributed by atoms with Gasteiger partial charge in [0.15, 0.2) is 17.0 Å². The first-order chi connectivity index (χ1) is 13.5. The highest BCUT2D eigenvalue weighted by molar-refractivity contribution is 6.31. The normalized spacial score (nSPS) is 16.7. The number of hydrogen-bond acceptors (Lipinski definition) is 5. The van der Waals surface area contributed by atoms with Gasteiger partial charge in [-0.1, -0.05) is 43.7 Å². The molecule has 0 saturated carbocycles. The summed E-state index contributed by atoms with van der Waals surface area (Å²) in [7, 11) is 0. The van der Waals surface area contributed by atoms with E-state index < -0.39 is 23.7 Å². The molecule has 1 aromatic carbocycles. The molecule has 1 aliphatic rings. The number of anilines is 1. The minimum atomic E-state index is -2.77. The third-order valence-corrected chi connectivity index (χ3v) is 5.17. The molecule has 0 radical (unpaired) electrons. The molecule has 4 rings (SSSR count). The maximum Gasteiger partial charge on any atom is 0.266 e. The van der Waals surface area contributed by atoms with Crippen LogP contribution in [0.1, 0.15) is 38.6 Å². The SMILES string of the molecule is CC(C)(C)c1nc(N2CCC(F)(F)C2)c2nnn(Cc3ccc(F)cc3Cl)c2n1. The molecule has 29 heavy (non-hydrogen) atoms. The molecule has 154 valence electrons. The van der Waals surface area contributed by atoms with Gasteiger partial charge in [0.2, 0.25) is 0 Å². The molecule has 3 heterocycles. The number of benzene rings is 1. The first-order valence-corrected chi connectivity index (χ1v) is 9.60. The monoisotopic (exact) mass is 424 g/mol. The number of halogens is 4. The maximum absolute atomic E-state index is 13.8. The van der Waals surface area contributed by atoms with Crippen LogP contribution >= 0.6 is 11.6 Å². The van der Waals surface area contributed by atoms with Crippen molar-refractivity contribution < 1.29 is 13.2 Å². The van der Waals surface area contributed by atoms with Crippen molar-refractivity contribution in [3.63, 3.8) is 0 Å². The summed E-state index contributed by atoms with van der Waals surface area (Å²) in [5.74, 6) is -2.34. The van der Waals surface area contributed by atoms with E-state index in [-0.39, 0.29) is 24.5 Å². The van der Waals surface area contributed by atoms with Gasteiger partial charge in [0.1, 0.15) is 11.6 Å². The van der Waals surface area contributed by atoms with Crippen molar-refractivity contribution in [1.29, 1.82) is 0 Å². The number of nitrogens with zero attached hydrogens (tertiary/aromatic N) is 6. The van der Waals surface area contributed by atoms with Crippen LogP contribution in [0.3, 0.4) is 0 Å². The van der Waals surface area contributed by atoms with Gasteiger partial charge in [-0.05, 0) is 17.7 Å². The van der Waals surface area contributed by atoms with Gasteiger partial charge >= 0.3 is 0 Å². The van der Waals surface area contributed by atoms with Gasteiger partial charge < -0.3 is 4.90 Å². The Morgan fingerprint density at radius 3 is 2.59 bits per heavy atom. The first kappa shape index (κ1) is 19.9. The Labute approximate surface area is 170 Å². The fourth-order valence-electron chi connectivity index (χ4n) is 3.23. The second-order valence-corrected chi connectivity index (χ2v) is 8.71. The van der Waals surface area contributed by atoms with Crippen LogP contribution in [0.4, 0.5) is 19.0 Å². The summed E-state index contributed by atoms with van der Waals surface area (Å²) >= 11 is 6.14. The molecule has 0 spiro atoms. The number of fused-ring (bicyclic) bond motifs is 1. The Kier molecular flexibility index (Phi) is 4.68. The summed E-state index contributed by atoms with van der Waals surface area (Å²) < 4.78 is 42.5. The highest BCUT2D eigenvalue weighted by Crippen LogP contribution is 2.34. The molecular weight excluding hydrogens is 405 g/mol. The third kappa shape index (κ3) is 3.88. The van der Waals surface area contributed by atoms with E-state index in [4.69, 9.17) is 11.6 Å². The van der Waals surface area contributed by atoms with E-state index in [0.29, 0.717) is 28.4 Å². The molecule has 3 aromatic rings. The Morgan fingerprint density at radius 2 is 1.97 bits per heavy atom. The van der Waals surface area contributed by atoms with Crippen molar-refractivity contribution >= 4 is 28.6 Å². The quantitative estimate of drug-likeness (QED) is 0.630. The molecule has 6 nitrogen and oxygen atoms in total. The van der Waals surface area contributed by atoms with Crippen molar-refractivity contribution in [3.8, 4) is 0 Å². The summed E-state index contributed by atoms with van der Waals surface area (Å²) in [6.07, 6.45) is -0.233. The predicted molar refractivity (Wildman–Crippen MR) is 104 cm³/mol. The minimum absolute atomic E-state index is 0.180. The second kappa shape index (κ2) is 6.83. The van der Waals surface area contributed by atoms with Crippen LogP contribution in [-0.4, -0.2) is 44.0 Å². The van der Waals surface area contributed by atoms with Crippen LogP contribution < -0.4 is 4.90 Å². The highest BCUT2D eigenvalue weighted by Gasteiger charge is 2.40. The van der Waals surface area contributed by atoms with Crippen LogP contribution in [-0.2, 0) is 12.0 Å². The van der Waals surface area contributed by atoms with E-state index in [2.05, 4.69) is 20.3 Å². The van der Waals surface area contributed by atoms with Gasteiger partial charge in [0, 0.05) is 23.4 Å². The number of hydrogen-bond donors (Lipinski definition) is 0. The van der Waals surface area contributed by atoms with Crippen molar-refractivity contribution in [2.75, 3.05) is 18.0 Å². The summed E-state index contributed by atoms with van der Waals surface area (Å²) in [5, 5.41) is 8.57. The maximum atomic E-state index is 13.8. The number of rotatable bonds is 3. The lowest BCUT2D eigenvalue weighted by molar-refractivity contribution is 0.0257. The van der Waals surface area contributed by atoms with Crippen molar-refractivity contribution in [2.24, 2.45) is 0 Å². The number of aromatic nitrogens is 5. The molecule has 1 aliphatic heterocycles. The molecule has 1 fully saturated rings. The first-order valence-electron chi connectivity index (χ1n) is 9.22. The van der Waals surface area contributed by atoms with Crippen molar-refractivity contribution in [3.05, 3.63) is 40.4 Å². The zero-order chi connectivity index (χ0) is 21.0. The molecule has 0 unspecified atom stereocenters. The van der Waals surface area contributed by atoms with Crippen molar-refractivity contribution in [2.45, 2.75) is 45.1 Å². The van der Waals surface area contributed by atoms with Gasteiger partial charge in [-0.25, -0.2) is 27.8 Å². The number of alkyl halides is 2. The summed E-state index contributed by atoms with van der Waals surface area (Å²) in [6.45, 7) is 5.81. The van der Waals surface area contributed by atoms with E-state index in [1.54, 1.807) is 6.07 Å². The molecule has 0 N–H and O–H groups in total. The van der Waals surface area contributed by atoms with E-state index in [1.807, 2.05) is 20.8 Å². The van der Waals surface area contributed by atoms with E-state index in [9.17, 15) is 13.2 Å². The predicted octanol–water partition coefficient (Wildman–Crippen LogP) is 4.21. The average molecular weight is 425 g/mol. The summed E-state index contributed by atoms with van der Waals surface area (Å²) in [5.41, 5.74) is 1.02. The molecule has 1 saturated heterocycles. The zero-order valence-corrected chi connectivity index (χ0v) is 17.0. The lowest BCUT2D eigenvalue weighted by Crippen LogP contribution is -2.27. The topological polar surface area (TPSA) is 59.7 Å². The molecule has 10 heteroatoms. The highest BCUT2D eigenvalue weighted by atomic mass is 35.5. The van der Waals surface area contributed by atoms with Crippen molar-refractivity contribution in [1.82, 2.24) is 25.0 Å².